The molecule has 0 aliphatic rings. The fraction of sp³-hybridized carbons (Fsp3) is 0.417. The van der Waals surface area contributed by atoms with Crippen LogP contribution in [0.5, 0.6) is 0 Å². The van der Waals surface area contributed by atoms with Crippen molar-refractivity contribution in [2.24, 2.45) is 0 Å². The fourth-order valence-electron chi connectivity index (χ4n) is 1.87. The number of aryl methyl sites for hydroxylation is 1. The average Bonchev–Trinajstić information content (AvgIpc) is 3.00. The lowest BCUT2D eigenvalue weighted by Crippen LogP contribution is -2.26. The van der Waals surface area contributed by atoms with E-state index in [4.69, 9.17) is 11.6 Å². The summed E-state index contributed by atoms with van der Waals surface area (Å²) in [7, 11) is 0. The van der Waals surface area contributed by atoms with Gasteiger partial charge in [0.05, 0.1) is 21.4 Å². The summed E-state index contributed by atoms with van der Waals surface area (Å²) in [5.74, 6) is -0.361. The molecule has 126 valence electrons. The molecule has 0 bridgehead atoms. The molecule has 0 aliphatic carbocycles. The lowest BCUT2D eigenvalue weighted by atomic mass is 10.3. The van der Waals surface area contributed by atoms with Gasteiger partial charge in [0.2, 0.25) is 0 Å². The molecular weight excluding hydrogens is 403 g/mol. The molecule has 0 aliphatic heterocycles. The quantitative estimate of drug-likeness (QED) is 0.738. The first-order valence-electron chi connectivity index (χ1n) is 6.49. The molecule has 6 nitrogen and oxygen atoms in total. The Kier molecular flexibility index (Phi) is 5.35. The molecule has 1 amide bonds. The lowest BCUT2D eigenvalue weighted by Gasteiger charge is -2.06. The first-order chi connectivity index (χ1) is 10.7. The standard InChI is InChI=1S/C12H12BrClF3N5O/c1-6-8(14)10(12(15,16)17)21-22(6)4-2-3-18-11(23)9-7(13)5-19-20-9/h5H,2-4H2,1H3,(H,18,23)(H,19,20). The minimum absolute atomic E-state index is 0.200. The summed E-state index contributed by atoms with van der Waals surface area (Å²) in [4.78, 5) is 11.8. The zero-order valence-corrected chi connectivity index (χ0v) is 14.2. The van der Waals surface area contributed by atoms with Crippen molar-refractivity contribution >= 4 is 33.4 Å². The highest BCUT2D eigenvalue weighted by molar-refractivity contribution is 9.10. The van der Waals surface area contributed by atoms with Gasteiger partial charge in [-0.1, -0.05) is 11.6 Å². The van der Waals surface area contributed by atoms with Crippen LogP contribution < -0.4 is 5.32 Å². The van der Waals surface area contributed by atoms with Crippen molar-refractivity contribution in [3.63, 3.8) is 0 Å². The number of nitrogens with zero attached hydrogens (tertiary/aromatic N) is 3. The largest absolute Gasteiger partial charge is 0.436 e. The number of alkyl halides is 3. The fourth-order valence-corrected chi connectivity index (χ4v) is 2.49. The van der Waals surface area contributed by atoms with E-state index in [1.54, 1.807) is 0 Å². The van der Waals surface area contributed by atoms with Crippen LogP contribution in [-0.2, 0) is 12.7 Å². The van der Waals surface area contributed by atoms with Crippen molar-refractivity contribution in [2.75, 3.05) is 6.54 Å². The number of carbonyl (C=O) groups excluding carboxylic acids is 1. The zero-order chi connectivity index (χ0) is 17.2. The van der Waals surface area contributed by atoms with Crippen molar-refractivity contribution in [1.82, 2.24) is 25.3 Å². The van der Waals surface area contributed by atoms with E-state index in [-0.39, 0.29) is 30.4 Å². The summed E-state index contributed by atoms with van der Waals surface area (Å²) in [6.07, 6.45) is -2.75. The Balaban J connectivity index is 1.90. The smallest absolute Gasteiger partial charge is 0.351 e. The van der Waals surface area contributed by atoms with Crippen LogP contribution in [-0.4, -0.2) is 32.4 Å². The van der Waals surface area contributed by atoms with Gasteiger partial charge < -0.3 is 5.32 Å². The molecule has 0 saturated carbocycles. The van der Waals surface area contributed by atoms with E-state index in [0.717, 1.165) is 0 Å². The number of halogens is 5. The first kappa shape index (κ1) is 17.8. The van der Waals surface area contributed by atoms with E-state index in [9.17, 15) is 18.0 Å². The van der Waals surface area contributed by atoms with E-state index in [1.807, 2.05) is 0 Å². The number of hydrogen-bond donors (Lipinski definition) is 2. The van der Waals surface area contributed by atoms with Crippen molar-refractivity contribution in [3.05, 3.63) is 32.8 Å². The van der Waals surface area contributed by atoms with Gasteiger partial charge in [-0.05, 0) is 29.3 Å². The number of nitrogens with one attached hydrogen (secondary N) is 2. The van der Waals surface area contributed by atoms with E-state index >= 15 is 0 Å². The first-order valence-corrected chi connectivity index (χ1v) is 7.66. The third-order valence-corrected chi connectivity index (χ3v) is 4.11. The van der Waals surface area contributed by atoms with Gasteiger partial charge in [0.25, 0.3) is 5.91 Å². The van der Waals surface area contributed by atoms with E-state index in [1.165, 1.54) is 17.8 Å². The van der Waals surface area contributed by atoms with E-state index < -0.39 is 16.9 Å². The second kappa shape index (κ2) is 6.91. The third kappa shape index (κ3) is 4.05. The van der Waals surface area contributed by atoms with E-state index in [2.05, 4.69) is 36.5 Å². The Morgan fingerprint density at radius 1 is 1.52 bits per heavy atom. The number of aromatic nitrogens is 4. The number of aromatic amines is 1. The van der Waals surface area contributed by atoms with Crippen LogP contribution in [0.4, 0.5) is 13.2 Å². The predicted molar refractivity (Wildman–Crippen MR) is 80.2 cm³/mol. The Bertz CT molecular complexity index is 712. The van der Waals surface area contributed by atoms with Gasteiger partial charge >= 0.3 is 6.18 Å². The molecule has 0 radical (unpaired) electrons. The molecule has 11 heteroatoms. The maximum absolute atomic E-state index is 12.7. The minimum Gasteiger partial charge on any atom is -0.351 e. The highest BCUT2D eigenvalue weighted by atomic mass is 79.9. The summed E-state index contributed by atoms with van der Waals surface area (Å²) in [5, 5.41) is 11.9. The molecule has 2 N–H and O–H groups in total. The molecule has 2 rings (SSSR count). The highest BCUT2D eigenvalue weighted by Gasteiger charge is 2.38. The van der Waals surface area contributed by atoms with Gasteiger partial charge in [0.15, 0.2) is 5.69 Å². The lowest BCUT2D eigenvalue weighted by molar-refractivity contribution is -0.141. The third-order valence-electron chi connectivity index (χ3n) is 3.05. The van der Waals surface area contributed by atoms with Gasteiger partial charge in [-0.3, -0.25) is 14.6 Å². The number of hydrogen-bond acceptors (Lipinski definition) is 3. The van der Waals surface area contributed by atoms with Crippen molar-refractivity contribution < 1.29 is 18.0 Å². The van der Waals surface area contributed by atoms with Crippen LogP contribution in [0.25, 0.3) is 0 Å². The number of amides is 1. The second-order valence-electron chi connectivity index (χ2n) is 4.67. The number of rotatable bonds is 5. The highest BCUT2D eigenvalue weighted by Crippen LogP contribution is 2.35. The van der Waals surface area contributed by atoms with Crippen LogP contribution in [0.1, 0.15) is 28.3 Å². The van der Waals surface area contributed by atoms with E-state index in [0.29, 0.717) is 10.9 Å². The molecule has 2 aromatic heterocycles. The van der Waals surface area contributed by atoms with Crippen molar-refractivity contribution in [1.29, 1.82) is 0 Å². The maximum atomic E-state index is 12.7. The molecular formula is C12H12BrClF3N5O. The maximum Gasteiger partial charge on any atom is 0.436 e. The topological polar surface area (TPSA) is 75.6 Å². The van der Waals surface area contributed by atoms with Gasteiger partial charge in [-0.25, -0.2) is 0 Å². The minimum atomic E-state index is -4.59. The molecule has 23 heavy (non-hydrogen) atoms. The predicted octanol–water partition coefficient (Wildman–Crippen LogP) is 3.17. The van der Waals surface area contributed by atoms with Crippen LogP contribution in [0.3, 0.4) is 0 Å². The van der Waals surface area contributed by atoms with Crippen molar-refractivity contribution in [2.45, 2.75) is 26.1 Å². The van der Waals surface area contributed by atoms with Gasteiger partial charge in [0.1, 0.15) is 5.69 Å². The zero-order valence-electron chi connectivity index (χ0n) is 11.8. The summed E-state index contributed by atoms with van der Waals surface area (Å²) in [5.41, 5.74) is -0.577. The molecule has 2 heterocycles. The SMILES string of the molecule is Cc1c(Cl)c(C(F)(F)F)nn1CCCNC(=O)c1[nH]ncc1Br. The Morgan fingerprint density at radius 2 is 2.22 bits per heavy atom. The van der Waals surface area contributed by atoms with Gasteiger partial charge in [-0.2, -0.15) is 23.4 Å². The monoisotopic (exact) mass is 413 g/mol. The van der Waals surface area contributed by atoms with Crippen LogP contribution >= 0.6 is 27.5 Å². The Hall–Kier alpha value is -1.55. The average molecular weight is 415 g/mol. The number of carbonyl (C=O) groups is 1. The van der Waals surface area contributed by atoms with Crippen LogP contribution in [0, 0.1) is 6.92 Å². The Morgan fingerprint density at radius 3 is 2.74 bits per heavy atom. The normalized spacial score (nSPS) is 11.7. The van der Waals surface area contributed by atoms with Crippen LogP contribution in [0.15, 0.2) is 10.7 Å². The molecule has 0 saturated heterocycles. The second-order valence-corrected chi connectivity index (χ2v) is 5.90. The summed E-state index contributed by atoms with van der Waals surface area (Å²) < 4.78 is 39.8. The molecule has 0 spiro atoms. The summed E-state index contributed by atoms with van der Waals surface area (Å²) >= 11 is 8.82. The number of H-pyrrole nitrogens is 1. The molecule has 0 aromatic carbocycles. The summed E-state index contributed by atoms with van der Waals surface area (Å²) in [6, 6.07) is 0. The Labute approximate surface area is 142 Å². The molecule has 0 unspecified atom stereocenters. The molecule has 2 aromatic rings. The molecule has 0 fully saturated rings. The van der Waals surface area contributed by atoms with Gasteiger partial charge in [0, 0.05) is 13.1 Å². The molecule has 0 atom stereocenters. The van der Waals surface area contributed by atoms with Crippen LogP contribution in [0.2, 0.25) is 5.02 Å². The van der Waals surface area contributed by atoms with Gasteiger partial charge in [-0.15, -0.1) is 0 Å². The summed E-state index contributed by atoms with van der Waals surface area (Å²) in [6.45, 7) is 1.93. The van der Waals surface area contributed by atoms with Crippen molar-refractivity contribution in [3.8, 4) is 0 Å².